The maximum Gasteiger partial charge on any atom is -0.00137 e. The Labute approximate surface area is 381 Å². The predicted octanol–water partition coefficient (Wildman–Crippen LogP) is 18.8. The van der Waals surface area contributed by atoms with E-state index in [1.54, 1.807) is 0 Å². The highest BCUT2D eigenvalue weighted by atomic mass is 14.2. The molecule has 15 rings (SSSR count). The van der Waals surface area contributed by atoms with E-state index >= 15 is 0 Å². The molecule has 66 heavy (non-hydrogen) atoms. The summed E-state index contributed by atoms with van der Waals surface area (Å²) in [6, 6.07) is 91.2. The van der Waals surface area contributed by atoms with Crippen LogP contribution < -0.4 is 0 Å². The smallest absolute Gasteiger partial charge is 0.00137 e. The van der Waals surface area contributed by atoms with E-state index in [-0.39, 0.29) is 0 Å². The van der Waals surface area contributed by atoms with Gasteiger partial charge in [-0.25, -0.2) is 0 Å². The molecule has 0 heteroatoms. The Bertz CT molecular complexity index is 4080. The Morgan fingerprint density at radius 2 is 0.409 bits per heavy atom. The molecule has 0 spiro atoms. The molecule has 0 amide bonds. The first kappa shape index (κ1) is 36.9. The van der Waals surface area contributed by atoms with Crippen LogP contribution in [0.4, 0.5) is 0 Å². The Hall–Kier alpha value is -8.58. The Kier molecular flexibility index (Phi) is 8.08. The van der Waals surface area contributed by atoms with Crippen molar-refractivity contribution in [2.24, 2.45) is 0 Å². The molecule has 0 radical (unpaired) electrons. The minimum Gasteiger partial charge on any atom is -0.0622 e. The summed E-state index contributed by atoms with van der Waals surface area (Å²) in [6.45, 7) is 0. The standard InChI is InChI=1S/C66H40/c1-3-17-41(18-4-1)61-49-25-7-9-27-51(49)65-59-39-47(33-35-57(59)61)45-23-15-21-43(37-45)44-22-16-24-46(38-44)48-34-36-58-60(40-48)66(52-28-10-8-26-50(52)62(58)42-19-5-2-6-20-42)64-55-31-13-11-29-53(55)63(65)54-30-12-14-32-56(54)64/h1-40H. The summed E-state index contributed by atoms with van der Waals surface area (Å²) in [7, 11) is 0. The molecule has 15 aromatic rings. The van der Waals surface area contributed by atoms with Crippen LogP contribution in [0, 0.1) is 0 Å². The fourth-order valence-electron chi connectivity index (χ4n) is 11.5. The van der Waals surface area contributed by atoms with E-state index < -0.39 is 0 Å². The van der Waals surface area contributed by atoms with Gasteiger partial charge in [0.25, 0.3) is 0 Å². The van der Waals surface area contributed by atoms with Crippen LogP contribution >= 0.6 is 0 Å². The van der Waals surface area contributed by atoms with Crippen LogP contribution in [-0.2, 0) is 0 Å². The zero-order valence-corrected chi connectivity index (χ0v) is 36.1. The largest absolute Gasteiger partial charge is 0.0622 e. The van der Waals surface area contributed by atoms with Gasteiger partial charge >= 0.3 is 0 Å². The van der Waals surface area contributed by atoms with E-state index in [2.05, 4.69) is 243 Å². The molecule has 0 heterocycles. The van der Waals surface area contributed by atoms with Crippen molar-refractivity contribution in [1.82, 2.24) is 0 Å². The van der Waals surface area contributed by atoms with Gasteiger partial charge in [0.1, 0.15) is 0 Å². The first-order valence-electron chi connectivity index (χ1n) is 23.0. The monoisotopic (exact) mass is 832 g/mol. The van der Waals surface area contributed by atoms with Gasteiger partial charge in [-0.05, 0) is 165 Å². The Morgan fingerprint density at radius 3 is 0.758 bits per heavy atom. The Balaban J connectivity index is 1.35. The third-order valence-electron chi connectivity index (χ3n) is 14.3. The van der Waals surface area contributed by atoms with Gasteiger partial charge in [0.05, 0.1) is 0 Å². The summed E-state index contributed by atoms with van der Waals surface area (Å²) in [5.74, 6) is 0. The second-order valence-electron chi connectivity index (χ2n) is 17.8. The topological polar surface area (TPSA) is 0 Å². The van der Waals surface area contributed by atoms with Crippen LogP contribution in [0.5, 0.6) is 0 Å². The molecule has 0 N–H and O–H groups in total. The van der Waals surface area contributed by atoms with Gasteiger partial charge in [0, 0.05) is 0 Å². The zero-order valence-electron chi connectivity index (χ0n) is 36.1. The molecule has 304 valence electrons. The van der Waals surface area contributed by atoms with E-state index in [0.29, 0.717) is 0 Å². The second-order valence-corrected chi connectivity index (χ2v) is 17.8. The zero-order chi connectivity index (χ0) is 43.3. The third kappa shape index (κ3) is 5.46. The molecular weight excluding hydrogens is 793 g/mol. The minimum absolute atomic E-state index is 1.20. The van der Waals surface area contributed by atoms with Gasteiger partial charge in [-0.15, -0.1) is 0 Å². The van der Waals surface area contributed by atoms with Crippen LogP contribution in [0.3, 0.4) is 0 Å². The van der Waals surface area contributed by atoms with Crippen LogP contribution in [-0.4, -0.2) is 0 Å². The predicted molar refractivity (Wildman–Crippen MR) is 288 cm³/mol. The first-order chi connectivity index (χ1) is 32.8. The summed E-state index contributed by atoms with van der Waals surface area (Å²) in [5, 5.41) is 27.2. The van der Waals surface area contributed by atoms with Crippen molar-refractivity contribution in [2.45, 2.75) is 0 Å². The third-order valence-corrected chi connectivity index (χ3v) is 14.3. The fourth-order valence-corrected chi connectivity index (χ4v) is 11.5. The maximum atomic E-state index is 2.48. The van der Waals surface area contributed by atoms with E-state index in [0.717, 1.165) is 0 Å². The fraction of sp³-hybridized carbons (Fsp3) is 0. The molecule has 0 saturated carbocycles. The average molecular weight is 833 g/mol. The number of rotatable bonds is 2. The van der Waals surface area contributed by atoms with E-state index in [9.17, 15) is 0 Å². The molecule has 0 aromatic heterocycles. The molecule has 15 aromatic carbocycles. The van der Waals surface area contributed by atoms with Gasteiger partial charge in [-0.2, -0.15) is 0 Å². The molecule has 0 aliphatic heterocycles. The van der Waals surface area contributed by atoms with E-state index in [1.165, 1.54) is 141 Å². The summed E-state index contributed by atoms with van der Waals surface area (Å²) in [5.41, 5.74) is 4.97. The summed E-state index contributed by atoms with van der Waals surface area (Å²) >= 11 is 0. The molecule has 0 atom stereocenters. The molecule has 0 aliphatic rings. The normalized spacial score (nSPS) is 11.9. The lowest BCUT2D eigenvalue weighted by molar-refractivity contribution is 1.68. The summed E-state index contributed by atoms with van der Waals surface area (Å²) in [4.78, 5) is 0. The van der Waals surface area contributed by atoms with Gasteiger partial charge in [0.2, 0.25) is 0 Å². The van der Waals surface area contributed by atoms with Gasteiger partial charge in [-0.3, -0.25) is 0 Å². The molecule has 0 aliphatic carbocycles. The second kappa shape index (κ2) is 14.5. The highest BCUT2D eigenvalue weighted by Crippen LogP contribution is 2.49. The van der Waals surface area contributed by atoms with E-state index in [4.69, 9.17) is 0 Å². The SMILES string of the molecule is c1ccc(-c2c3ccccc3c3c4cc(ccc24)c2cccc(c2)c2cccc(c2)c2ccc4c(-c5ccccc5)c5ccccc5c(c4c2)c2c4ccccc4c3c3ccccc32)cc1. The molecule has 0 nitrogen and oxygen atoms in total. The number of fused-ring (bicyclic) bond motifs is 2. The minimum atomic E-state index is 1.20. The lowest BCUT2D eigenvalue weighted by Crippen LogP contribution is -1.91. The molecule has 0 unspecified atom stereocenters. The Morgan fingerprint density at radius 1 is 0.152 bits per heavy atom. The highest BCUT2D eigenvalue weighted by Gasteiger charge is 2.21. The first-order valence-corrected chi connectivity index (χ1v) is 23.0. The number of hydrogen-bond acceptors (Lipinski definition) is 0. The van der Waals surface area contributed by atoms with Gasteiger partial charge < -0.3 is 0 Å². The van der Waals surface area contributed by atoms with Crippen LogP contribution in [0.15, 0.2) is 243 Å². The van der Waals surface area contributed by atoms with Crippen molar-refractivity contribution in [2.75, 3.05) is 0 Å². The van der Waals surface area contributed by atoms with Gasteiger partial charge in [-0.1, -0.05) is 218 Å². The molecule has 10 bridgehead atoms. The summed E-state index contributed by atoms with van der Waals surface area (Å²) < 4.78 is 0. The van der Waals surface area contributed by atoms with Crippen molar-refractivity contribution < 1.29 is 0 Å². The maximum absolute atomic E-state index is 2.48. The highest BCUT2D eigenvalue weighted by molar-refractivity contribution is 6.42. The van der Waals surface area contributed by atoms with Gasteiger partial charge in [0.15, 0.2) is 0 Å². The van der Waals surface area contributed by atoms with Crippen molar-refractivity contribution in [3.05, 3.63) is 243 Å². The number of benzene rings is 13. The number of hydrogen-bond donors (Lipinski definition) is 0. The van der Waals surface area contributed by atoms with Crippen LogP contribution in [0.1, 0.15) is 0 Å². The van der Waals surface area contributed by atoms with Crippen LogP contribution in [0.25, 0.3) is 141 Å². The van der Waals surface area contributed by atoms with Crippen LogP contribution in [0.2, 0.25) is 0 Å². The molecule has 0 saturated heterocycles. The lowest BCUT2D eigenvalue weighted by Gasteiger charge is -2.19. The average Bonchev–Trinajstić information content (AvgIpc) is 3.39. The van der Waals surface area contributed by atoms with Crippen molar-refractivity contribution in [3.8, 4) is 22.3 Å². The molecular formula is C66H40. The lowest BCUT2D eigenvalue weighted by atomic mass is 9.83. The molecule has 0 fully saturated rings. The summed E-state index contributed by atoms with van der Waals surface area (Å²) in [6.07, 6.45) is 0. The van der Waals surface area contributed by atoms with Crippen molar-refractivity contribution in [1.29, 1.82) is 0 Å². The van der Waals surface area contributed by atoms with Crippen molar-refractivity contribution in [3.63, 3.8) is 0 Å². The van der Waals surface area contributed by atoms with E-state index in [1.807, 2.05) is 0 Å². The quantitative estimate of drug-likeness (QED) is 0.152. The van der Waals surface area contributed by atoms with Crippen molar-refractivity contribution >= 4 is 118 Å².